The highest BCUT2D eigenvalue weighted by molar-refractivity contribution is 7.86. The van der Waals surface area contributed by atoms with Crippen LogP contribution in [-0.2, 0) is 115 Å². The first-order valence-electron chi connectivity index (χ1n) is 28.2. The van der Waals surface area contributed by atoms with E-state index in [2.05, 4.69) is 14.2 Å². The van der Waals surface area contributed by atoms with Gasteiger partial charge in [-0.1, -0.05) is 90.8 Å². The fourth-order valence-electron chi connectivity index (χ4n) is 8.63. The SMILES string of the molecule is [B]Cc1ccc(CCOC(=O)CCCC(=O)OC(CS(=O)(=O)[O-])(C(F)(F)F)C(F)(F)F)cc1.[B]Cc1ccc(OCC(=O)C2CCC(C(=O)OC(CS(=O)(=O)[O-])(C(F)(F)F)C(F)(F)F)CC2)cc1.[B]Cc1ccccc1COC(=O)CCCC(=O)OC(CS(=O)(=O)[O-])(C(F)(F)F)C(F)(F)F. The van der Waals surface area contributed by atoms with E-state index in [-0.39, 0.29) is 57.6 Å². The molecule has 1 aliphatic rings. The van der Waals surface area contributed by atoms with Crippen molar-refractivity contribution in [2.75, 3.05) is 30.5 Å². The summed E-state index contributed by atoms with van der Waals surface area (Å²) in [7, 11) is -1.90. The number of carbonyl (C=O) groups is 6. The zero-order valence-electron chi connectivity index (χ0n) is 51.1. The van der Waals surface area contributed by atoms with E-state index < -0.39 is 182 Å². The molecule has 3 aromatic rings. The molecule has 0 bridgehead atoms. The van der Waals surface area contributed by atoms with Crippen molar-refractivity contribution in [1.29, 1.82) is 0 Å². The summed E-state index contributed by atoms with van der Waals surface area (Å²) in [6.07, 6.45) is -42.6. The Hall–Kier alpha value is -6.86. The lowest BCUT2D eigenvalue weighted by molar-refractivity contribution is -0.362. The minimum Gasteiger partial charge on any atom is -0.748 e. The highest BCUT2D eigenvalue weighted by atomic mass is 32.2. The third-order valence-corrected chi connectivity index (χ3v) is 16.2. The van der Waals surface area contributed by atoms with Crippen molar-refractivity contribution in [2.45, 2.75) is 150 Å². The molecule has 1 aliphatic carbocycles. The van der Waals surface area contributed by atoms with Gasteiger partial charge in [-0.25, -0.2) is 25.3 Å². The van der Waals surface area contributed by atoms with Crippen molar-refractivity contribution < 1.29 is 175 Å². The molecule has 21 nitrogen and oxygen atoms in total. The van der Waals surface area contributed by atoms with Gasteiger partial charge < -0.3 is 42.1 Å². The molecule has 0 saturated heterocycles. The summed E-state index contributed by atoms with van der Waals surface area (Å²) < 4.78 is 358. The molecule has 45 heteroatoms. The third-order valence-electron chi connectivity index (χ3n) is 14.0. The van der Waals surface area contributed by atoms with Crippen molar-refractivity contribution in [3.63, 3.8) is 0 Å². The molecule has 0 unspecified atom stereocenters. The number of ketones is 1. The summed E-state index contributed by atoms with van der Waals surface area (Å²) in [5.74, 6) is -19.2. The van der Waals surface area contributed by atoms with Crippen LogP contribution in [0.25, 0.3) is 0 Å². The number of alkyl halides is 18. The number of hydrogen-bond acceptors (Lipinski definition) is 21. The Morgan fingerprint density at radius 1 is 0.420 bits per heavy atom. The van der Waals surface area contributed by atoms with Gasteiger partial charge in [0.15, 0.2) is 5.78 Å². The van der Waals surface area contributed by atoms with Crippen LogP contribution >= 0.6 is 0 Å². The third kappa shape index (κ3) is 27.8. The van der Waals surface area contributed by atoms with Crippen LogP contribution in [0.3, 0.4) is 0 Å². The fraction of sp³-hybridized carbons (Fsp3) is 0.564. The lowest BCUT2D eigenvalue weighted by Gasteiger charge is -2.38. The number of rotatable bonds is 30. The summed E-state index contributed by atoms with van der Waals surface area (Å²) in [5.41, 5.74) is -12.8. The van der Waals surface area contributed by atoms with Crippen LogP contribution in [0.5, 0.6) is 5.75 Å². The van der Waals surface area contributed by atoms with Gasteiger partial charge in [0.25, 0.3) is 0 Å². The first-order chi connectivity index (χ1) is 45.5. The Labute approximate surface area is 561 Å². The van der Waals surface area contributed by atoms with Crippen LogP contribution in [-0.4, -0.2) is 182 Å². The number of ether oxygens (including phenoxy) is 6. The predicted octanol–water partition coefficient (Wildman–Crippen LogP) is 8.14. The summed E-state index contributed by atoms with van der Waals surface area (Å²) in [5, 5.41) is 0. The average Bonchev–Trinajstić information content (AvgIpc) is 0.762. The lowest BCUT2D eigenvalue weighted by atomic mass is 9.80. The van der Waals surface area contributed by atoms with E-state index in [1.807, 2.05) is 0 Å². The minimum atomic E-state index is -6.45. The Balaban J connectivity index is 0.000000511. The molecule has 3 aromatic carbocycles. The Kier molecular flexibility index (Phi) is 32.4. The van der Waals surface area contributed by atoms with Crippen LogP contribution in [0.15, 0.2) is 72.8 Å². The van der Waals surface area contributed by atoms with Crippen molar-refractivity contribution in [3.8, 4) is 5.75 Å². The predicted molar refractivity (Wildman–Crippen MR) is 302 cm³/mol. The molecule has 0 aromatic heterocycles. The van der Waals surface area contributed by atoms with Crippen LogP contribution in [0, 0.1) is 11.8 Å². The van der Waals surface area contributed by atoms with E-state index >= 15 is 0 Å². The second-order valence-corrected chi connectivity index (χ2v) is 25.6. The normalized spacial score (nSPS) is 15.3. The van der Waals surface area contributed by atoms with Gasteiger partial charge in [-0.05, 0) is 67.3 Å². The van der Waals surface area contributed by atoms with E-state index in [1.54, 1.807) is 72.8 Å². The average molecular weight is 1520 g/mol. The minimum absolute atomic E-state index is 0.0427. The first kappa shape index (κ1) is 89.2. The molecule has 0 amide bonds. The molecule has 4 rings (SSSR count). The molecule has 1 saturated carbocycles. The maximum absolute atomic E-state index is 13.3. The molecular formula is C55H54B3F18O21S3-3. The van der Waals surface area contributed by atoms with Gasteiger partial charge in [-0.2, -0.15) is 79.0 Å². The van der Waals surface area contributed by atoms with Gasteiger partial charge in [0.05, 0.1) is 83.7 Å². The van der Waals surface area contributed by atoms with Crippen LogP contribution in [0.1, 0.15) is 92.0 Å². The van der Waals surface area contributed by atoms with Gasteiger partial charge in [0.1, 0.15) is 19.0 Å². The lowest BCUT2D eigenvalue weighted by Crippen LogP contribution is -2.64. The van der Waals surface area contributed by atoms with E-state index in [0.29, 0.717) is 35.9 Å². The second-order valence-electron chi connectivity index (χ2n) is 21.4. The van der Waals surface area contributed by atoms with Gasteiger partial charge in [0.2, 0.25) is 0 Å². The summed E-state index contributed by atoms with van der Waals surface area (Å²) >= 11 is 0. The van der Waals surface area contributed by atoms with Crippen molar-refractivity contribution in [3.05, 3.63) is 101 Å². The van der Waals surface area contributed by atoms with Crippen molar-refractivity contribution in [1.82, 2.24) is 0 Å². The molecule has 0 aliphatic heterocycles. The number of halogens is 18. The largest absolute Gasteiger partial charge is 0.748 e. The number of Topliss-reactive ketones (excluding diaryl/α,β-unsaturated/α-hetero) is 1. The highest BCUT2D eigenvalue weighted by Gasteiger charge is 2.77. The molecule has 0 atom stereocenters. The van der Waals surface area contributed by atoms with Gasteiger partial charge >= 0.3 is 83.7 Å². The Morgan fingerprint density at radius 2 is 0.750 bits per heavy atom. The molecule has 100 heavy (non-hydrogen) atoms. The second kappa shape index (κ2) is 36.3. The standard InChI is InChI=1S/C20H21BF6O7S.C18H19BF6O7S.C17H17BF6O7S/c21-9-12-1-7-15(8-2-12)33-10-16(28)13-3-5-14(6-4-13)17(29)34-18(19(22,23)24,20(25,26)27)11-35(30,31)32;19-10-13-6-4-12(5-7-13)8-9-31-14(26)2-1-3-15(27)32-16(17(20,21)22,18(23,24)25)11-33(28,29)30;18-8-11-4-1-2-5-12(11)9-30-13(25)6-3-7-14(26)31-15(16(19,20)21,17(22,23)24)10-32(27,28)29/h1-2,7-8,13-14H,3-6,9-11H2,(H,30,31,32);4-7H,1-3,8-11H2,(H,28,29,30);1-2,4-5H,3,6-10H2,(H,27,28,29)/p-3. The summed E-state index contributed by atoms with van der Waals surface area (Å²) in [6, 6.07) is 20.2. The molecular weight excluding hydrogens is 1470 g/mol. The van der Waals surface area contributed by atoms with Crippen molar-refractivity contribution in [2.24, 2.45) is 11.8 Å². The van der Waals surface area contributed by atoms with Crippen LogP contribution in [0.2, 0.25) is 0 Å². The van der Waals surface area contributed by atoms with Gasteiger partial charge in [0, 0.05) is 38.0 Å². The molecule has 0 N–H and O–H groups in total. The fourth-order valence-corrected chi connectivity index (χ4v) is 11.3. The van der Waals surface area contributed by atoms with E-state index in [9.17, 15) is 147 Å². The highest BCUT2D eigenvalue weighted by Crippen LogP contribution is 2.50. The number of benzene rings is 3. The molecule has 556 valence electrons. The quantitative estimate of drug-likeness (QED) is 0.0200. The van der Waals surface area contributed by atoms with E-state index in [1.165, 1.54) is 0 Å². The zero-order valence-corrected chi connectivity index (χ0v) is 53.5. The number of hydrogen-bond donors (Lipinski definition) is 0. The summed E-state index contributed by atoms with van der Waals surface area (Å²) in [6.45, 7) is -0.616. The van der Waals surface area contributed by atoms with Crippen molar-refractivity contribution >= 4 is 89.5 Å². The summed E-state index contributed by atoms with van der Waals surface area (Å²) in [4.78, 5) is 71.1. The monoisotopic (exact) mass is 1520 g/mol. The number of esters is 5. The molecule has 0 heterocycles. The topological polar surface area (TPSA) is 329 Å². The van der Waals surface area contributed by atoms with E-state index in [0.717, 1.165) is 16.7 Å². The first-order valence-corrected chi connectivity index (χ1v) is 32.9. The number of carbonyl (C=O) groups excluding carboxylic acids is 6. The molecule has 1 fully saturated rings. The Bertz CT molecular complexity index is 3520. The van der Waals surface area contributed by atoms with Gasteiger partial charge in [-0.15, -0.1) is 0 Å². The van der Waals surface area contributed by atoms with E-state index in [4.69, 9.17) is 37.7 Å². The Morgan fingerprint density at radius 3 is 1.11 bits per heavy atom. The zero-order chi connectivity index (χ0) is 77.0. The molecule has 6 radical (unpaired) electrons. The van der Waals surface area contributed by atoms with Crippen LogP contribution < -0.4 is 4.74 Å². The van der Waals surface area contributed by atoms with Crippen LogP contribution in [0.4, 0.5) is 79.0 Å². The van der Waals surface area contributed by atoms with Gasteiger partial charge in [-0.3, -0.25) is 28.8 Å². The molecule has 0 spiro atoms. The maximum atomic E-state index is 13.3. The smallest absolute Gasteiger partial charge is 0.438 e. The maximum Gasteiger partial charge on any atom is 0.438 e.